The fourth-order valence-electron chi connectivity index (χ4n) is 6.55. The Kier molecular flexibility index (Phi) is 4.29. The third-order valence-corrected chi connectivity index (χ3v) is 8.16. The molecule has 0 aromatic heterocycles. The van der Waals surface area contributed by atoms with Crippen molar-refractivity contribution < 1.29 is 14.4 Å². The van der Waals surface area contributed by atoms with Gasteiger partial charge in [-0.1, -0.05) is 41.4 Å². The highest BCUT2D eigenvalue weighted by Crippen LogP contribution is 2.62. The van der Waals surface area contributed by atoms with Crippen molar-refractivity contribution in [1.82, 2.24) is 4.90 Å². The van der Waals surface area contributed by atoms with E-state index in [0.717, 1.165) is 24.1 Å². The quantitative estimate of drug-likeness (QED) is 0.626. The van der Waals surface area contributed by atoms with E-state index in [2.05, 4.69) is 4.90 Å². The van der Waals surface area contributed by atoms with Gasteiger partial charge in [0, 0.05) is 28.9 Å². The topological polar surface area (TPSA) is 60.9 Å². The van der Waals surface area contributed by atoms with Crippen LogP contribution in [-0.2, 0) is 19.9 Å². The van der Waals surface area contributed by atoms with Crippen LogP contribution in [0.1, 0.15) is 25.3 Å². The van der Waals surface area contributed by atoms with Gasteiger partial charge in [-0.2, -0.15) is 0 Å². The van der Waals surface area contributed by atoms with Gasteiger partial charge in [0.05, 0.1) is 22.5 Å². The first-order valence-electron chi connectivity index (χ1n) is 10.9. The van der Waals surface area contributed by atoms with Crippen LogP contribution in [-0.4, -0.2) is 41.8 Å². The van der Waals surface area contributed by atoms with Crippen molar-refractivity contribution in [1.29, 1.82) is 0 Å². The van der Waals surface area contributed by atoms with E-state index in [4.69, 9.17) is 23.2 Å². The number of halogens is 2. The first-order chi connectivity index (χ1) is 15.4. The maximum Gasteiger partial charge on any atom is 0.253 e. The van der Waals surface area contributed by atoms with Gasteiger partial charge in [-0.3, -0.25) is 19.3 Å². The summed E-state index contributed by atoms with van der Waals surface area (Å²) in [6.07, 6.45) is 1.66. The van der Waals surface area contributed by atoms with Crippen LogP contribution in [0.4, 0.5) is 11.4 Å². The molecule has 0 bridgehead atoms. The number of anilines is 2. The largest absolute Gasteiger partial charge is 0.310 e. The zero-order chi connectivity index (χ0) is 22.4. The van der Waals surface area contributed by atoms with E-state index < -0.39 is 17.4 Å². The van der Waals surface area contributed by atoms with Gasteiger partial charge in [-0.25, -0.2) is 4.90 Å². The molecule has 6 nitrogen and oxygen atoms in total. The number of imide groups is 1. The van der Waals surface area contributed by atoms with Crippen LogP contribution < -0.4 is 9.80 Å². The van der Waals surface area contributed by atoms with Gasteiger partial charge in [-0.05, 0) is 50.6 Å². The highest BCUT2D eigenvalue weighted by Gasteiger charge is 2.75. The summed E-state index contributed by atoms with van der Waals surface area (Å²) in [6.45, 7) is 3.12. The van der Waals surface area contributed by atoms with Gasteiger partial charge >= 0.3 is 0 Å². The molecule has 3 amide bonds. The van der Waals surface area contributed by atoms with Gasteiger partial charge < -0.3 is 4.90 Å². The van der Waals surface area contributed by atoms with E-state index in [1.165, 1.54) is 4.90 Å². The summed E-state index contributed by atoms with van der Waals surface area (Å²) in [5, 5.41) is 0.667. The second kappa shape index (κ2) is 6.80. The number of nitrogens with zero attached hydrogens (tertiary/aromatic N) is 3. The molecule has 2 aromatic carbocycles. The van der Waals surface area contributed by atoms with Crippen molar-refractivity contribution in [3.8, 4) is 0 Å². The molecule has 32 heavy (non-hydrogen) atoms. The summed E-state index contributed by atoms with van der Waals surface area (Å²) in [7, 11) is 0. The summed E-state index contributed by atoms with van der Waals surface area (Å²) < 4.78 is 0. The van der Waals surface area contributed by atoms with Crippen LogP contribution in [0.3, 0.4) is 0 Å². The maximum absolute atomic E-state index is 14.1. The molecule has 1 spiro atoms. The number of para-hydroxylation sites is 1. The van der Waals surface area contributed by atoms with Gasteiger partial charge in [0.2, 0.25) is 11.8 Å². The lowest BCUT2D eigenvalue weighted by Gasteiger charge is -2.37. The Bertz CT molecular complexity index is 1200. The van der Waals surface area contributed by atoms with Crippen molar-refractivity contribution in [2.24, 2.45) is 11.8 Å². The standard InChI is InChI=1S/C24H21Cl2N3O3/c1-2-27-16-7-4-3-6-14(16)24(23(27)32)20-19(17-8-5-11-28(17)24)21(30)29(22(20)31)18-12-13(25)9-10-15(18)26/h3-4,6-7,9-10,12,17,19-20H,2,5,8,11H2,1H3/t17-,19+,20-,24+/m0/s1. The molecular formula is C24H21Cl2N3O3. The van der Waals surface area contributed by atoms with Crippen LogP contribution in [0.25, 0.3) is 0 Å². The van der Waals surface area contributed by atoms with Gasteiger partial charge in [0.1, 0.15) is 5.54 Å². The molecule has 4 atom stereocenters. The van der Waals surface area contributed by atoms with Crippen LogP contribution in [0.2, 0.25) is 10.0 Å². The van der Waals surface area contributed by atoms with E-state index in [9.17, 15) is 14.4 Å². The van der Waals surface area contributed by atoms with E-state index >= 15 is 0 Å². The Hall–Kier alpha value is -2.41. The Balaban J connectivity index is 1.58. The van der Waals surface area contributed by atoms with Crippen molar-refractivity contribution >= 4 is 52.3 Å². The van der Waals surface area contributed by atoms with Crippen molar-refractivity contribution in [2.75, 3.05) is 22.9 Å². The second-order valence-electron chi connectivity index (χ2n) is 8.85. The third kappa shape index (κ3) is 2.23. The minimum atomic E-state index is -1.16. The molecule has 0 unspecified atom stereocenters. The molecule has 3 fully saturated rings. The summed E-state index contributed by atoms with van der Waals surface area (Å²) >= 11 is 12.6. The number of benzene rings is 2. The highest BCUT2D eigenvalue weighted by molar-refractivity contribution is 6.38. The first-order valence-corrected chi connectivity index (χ1v) is 11.7. The van der Waals surface area contributed by atoms with E-state index in [1.807, 2.05) is 31.2 Å². The molecule has 2 aromatic rings. The second-order valence-corrected chi connectivity index (χ2v) is 9.69. The Morgan fingerprint density at radius 3 is 2.59 bits per heavy atom. The third-order valence-electron chi connectivity index (χ3n) is 7.61. The number of fused-ring (bicyclic) bond motifs is 7. The summed E-state index contributed by atoms with van der Waals surface area (Å²) in [5.41, 5.74) is 0.775. The van der Waals surface area contributed by atoms with Crippen molar-refractivity contribution in [3.05, 3.63) is 58.1 Å². The first kappa shape index (κ1) is 20.2. The normalized spacial score (nSPS) is 31.1. The highest BCUT2D eigenvalue weighted by atomic mass is 35.5. The molecule has 0 aliphatic carbocycles. The lowest BCUT2D eigenvalue weighted by atomic mass is 9.75. The fraction of sp³-hybridized carbons (Fsp3) is 0.375. The van der Waals surface area contributed by atoms with E-state index in [-0.39, 0.29) is 34.5 Å². The molecule has 4 heterocycles. The smallest absolute Gasteiger partial charge is 0.253 e. The number of rotatable bonds is 2. The van der Waals surface area contributed by atoms with Crippen LogP contribution in [0.5, 0.6) is 0 Å². The molecule has 4 aliphatic rings. The maximum atomic E-state index is 14.1. The van der Waals surface area contributed by atoms with E-state index in [0.29, 0.717) is 18.1 Å². The monoisotopic (exact) mass is 469 g/mol. The minimum Gasteiger partial charge on any atom is -0.310 e. The van der Waals surface area contributed by atoms with Crippen LogP contribution in [0.15, 0.2) is 42.5 Å². The number of likely N-dealkylation sites (N-methyl/N-ethyl adjacent to an activating group) is 1. The average Bonchev–Trinajstić information content (AvgIpc) is 3.48. The zero-order valence-corrected chi connectivity index (χ0v) is 18.9. The Labute approximate surface area is 195 Å². The van der Waals surface area contributed by atoms with Gasteiger partial charge in [0.25, 0.3) is 5.91 Å². The van der Waals surface area contributed by atoms with Crippen LogP contribution >= 0.6 is 23.2 Å². The van der Waals surface area contributed by atoms with Gasteiger partial charge in [0.15, 0.2) is 0 Å². The summed E-state index contributed by atoms with van der Waals surface area (Å²) in [6, 6.07) is 12.3. The molecule has 3 saturated heterocycles. The molecular weight excluding hydrogens is 449 g/mol. The molecule has 0 radical (unpaired) electrons. The lowest BCUT2D eigenvalue weighted by Crippen LogP contribution is -2.56. The molecule has 4 aliphatic heterocycles. The molecule has 164 valence electrons. The average molecular weight is 470 g/mol. The van der Waals surface area contributed by atoms with Gasteiger partial charge in [-0.15, -0.1) is 0 Å². The van der Waals surface area contributed by atoms with Crippen molar-refractivity contribution in [3.63, 3.8) is 0 Å². The Morgan fingerprint density at radius 1 is 1.03 bits per heavy atom. The molecule has 0 saturated carbocycles. The fourth-order valence-corrected chi connectivity index (χ4v) is 6.92. The predicted molar refractivity (Wildman–Crippen MR) is 122 cm³/mol. The Morgan fingerprint density at radius 2 is 1.81 bits per heavy atom. The molecule has 0 N–H and O–H groups in total. The number of hydrogen-bond acceptors (Lipinski definition) is 4. The number of amides is 3. The van der Waals surface area contributed by atoms with E-state index in [1.54, 1.807) is 23.1 Å². The molecule has 6 rings (SSSR count). The molecule has 8 heteroatoms. The minimum absolute atomic E-state index is 0.110. The summed E-state index contributed by atoms with van der Waals surface area (Å²) in [5.74, 6) is -2.16. The summed E-state index contributed by atoms with van der Waals surface area (Å²) in [4.78, 5) is 46.9. The number of hydrogen-bond donors (Lipinski definition) is 0. The number of carbonyl (C=O) groups excluding carboxylic acids is 3. The number of carbonyl (C=O) groups is 3. The lowest BCUT2D eigenvalue weighted by molar-refractivity contribution is -0.137. The van der Waals surface area contributed by atoms with Crippen molar-refractivity contribution in [2.45, 2.75) is 31.3 Å². The SMILES string of the molecule is CCN1C(=O)[C@@]2(c3ccccc31)[C@@H]1C(=O)N(c3cc(Cl)ccc3Cl)C(=O)[C@@H]1[C@@H]1CCCN12. The zero-order valence-electron chi connectivity index (χ0n) is 17.4. The van der Waals surface area contributed by atoms with Crippen LogP contribution in [0, 0.1) is 11.8 Å². The predicted octanol–water partition coefficient (Wildman–Crippen LogP) is 3.84.